The van der Waals surface area contributed by atoms with Gasteiger partial charge in [0.05, 0.1) is 17.5 Å². The summed E-state index contributed by atoms with van der Waals surface area (Å²) in [5.41, 5.74) is 1.41. The summed E-state index contributed by atoms with van der Waals surface area (Å²) in [5.74, 6) is 0.283. The first-order valence-corrected chi connectivity index (χ1v) is 12.5. The van der Waals surface area contributed by atoms with Gasteiger partial charge in [-0.1, -0.05) is 42.5 Å². The van der Waals surface area contributed by atoms with E-state index in [1.54, 1.807) is 0 Å². The zero-order valence-electron chi connectivity index (χ0n) is 19.4. The Morgan fingerprint density at radius 2 is 1.79 bits per heavy atom. The van der Waals surface area contributed by atoms with E-state index >= 15 is 0 Å². The molecule has 0 aromatic heterocycles. The molecule has 0 aliphatic carbocycles. The molecule has 0 amide bonds. The van der Waals surface area contributed by atoms with Gasteiger partial charge in [0.1, 0.15) is 24.5 Å². The Bertz CT molecular complexity index is 1270. The number of nitrogens with one attached hydrogen (secondary N) is 2. The van der Waals surface area contributed by atoms with Crippen molar-refractivity contribution in [1.29, 1.82) is 5.26 Å². The van der Waals surface area contributed by atoms with Crippen molar-refractivity contribution in [2.24, 2.45) is 0 Å². The molecule has 182 valence electrons. The van der Waals surface area contributed by atoms with Gasteiger partial charge in [-0.25, -0.2) is 8.42 Å². The van der Waals surface area contributed by atoms with Crippen LogP contribution < -0.4 is 14.8 Å². The van der Waals surface area contributed by atoms with Crippen molar-refractivity contribution in [2.75, 3.05) is 24.1 Å². The van der Waals surface area contributed by atoms with Crippen LogP contribution in [0, 0.1) is 11.3 Å². The number of hydrogen-bond acceptors (Lipinski definition) is 6. The van der Waals surface area contributed by atoms with Crippen LogP contribution in [0.15, 0.2) is 60.7 Å². The SMILES string of the molecule is CC(C)(Cc1ccc2ccccc2c1)NC[C@@H](O)COc1ccc(NS(C)(=O)=O)cc1C#N.Cl. The van der Waals surface area contributed by atoms with Gasteiger partial charge in [-0.2, -0.15) is 5.26 Å². The minimum Gasteiger partial charge on any atom is -0.489 e. The highest BCUT2D eigenvalue weighted by molar-refractivity contribution is 7.92. The molecule has 3 rings (SSSR count). The van der Waals surface area contributed by atoms with Crippen molar-refractivity contribution in [1.82, 2.24) is 5.32 Å². The fraction of sp³-hybridized carbons (Fsp3) is 0.320. The molecule has 0 saturated heterocycles. The second kappa shape index (κ2) is 11.5. The first-order chi connectivity index (χ1) is 15.5. The Morgan fingerprint density at radius 1 is 1.09 bits per heavy atom. The van der Waals surface area contributed by atoms with Gasteiger partial charge in [0.2, 0.25) is 10.0 Å². The van der Waals surface area contributed by atoms with Crippen molar-refractivity contribution in [3.05, 3.63) is 71.8 Å². The molecule has 3 aromatic rings. The molecule has 0 fully saturated rings. The van der Waals surface area contributed by atoms with Crippen molar-refractivity contribution in [2.45, 2.75) is 31.9 Å². The summed E-state index contributed by atoms with van der Waals surface area (Å²) in [5, 5.41) is 25.5. The lowest BCUT2D eigenvalue weighted by Gasteiger charge is -2.28. The molecule has 34 heavy (non-hydrogen) atoms. The van der Waals surface area contributed by atoms with E-state index in [2.05, 4.69) is 54.2 Å². The second-order valence-electron chi connectivity index (χ2n) is 8.78. The molecule has 3 N–H and O–H groups in total. The van der Waals surface area contributed by atoms with Gasteiger partial charge in [-0.05, 0) is 54.8 Å². The number of aliphatic hydroxyl groups is 1. The van der Waals surface area contributed by atoms with Crippen molar-refractivity contribution < 1.29 is 18.3 Å². The number of rotatable bonds is 10. The molecule has 0 heterocycles. The van der Waals surface area contributed by atoms with E-state index in [4.69, 9.17) is 4.74 Å². The van der Waals surface area contributed by atoms with Gasteiger partial charge in [0.25, 0.3) is 0 Å². The molecular weight excluding hydrogens is 474 g/mol. The van der Waals surface area contributed by atoms with E-state index in [0.29, 0.717) is 6.54 Å². The zero-order valence-corrected chi connectivity index (χ0v) is 21.0. The molecule has 9 heteroatoms. The number of hydrogen-bond donors (Lipinski definition) is 3. The fourth-order valence-electron chi connectivity index (χ4n) is 3.58. The van der Waals surface area contributed by atoms with Gasteiger partial charge in [0, 0.05) is 12.1 Å². The van der Waals surface area contributed by atoms with E-state index < -0.39 is 16.1 Å². The summed E-state index contributed by atoms with van der Waals surface area (Å²) in [4.78, 5) is 0. The predicted molar refractivity (Wildman–Crippen MR) is 138 cm³/mol. The summed E-state index contributed by atoms with van der Waals surface area (Å²) in [6.07, 6.45) is 1.04. The van der Waals surface area contributed by atoms with Crippen LogP contribution in [0.25, 0.3) is 10.8 Å². The molecule has 0 aliphatic heterocycles. The van der Waals surface area contributed by atoms with Crippen molar-refractivity contribution in [3.8, 4) is 11.8 Å². The van der Waals surface area contributed by atoms with Crippen LogP contribution in [-0.2, 0) is 16.4 Å². The highest BCUT2D eigenvalue weighted by Gasteiger charge is 2.20. The normalized spacial score (nSPS) is 12.4. The predicted octanol–water partition coefficient (Wildman–Crippen LogP) is 3.86. The lowest BCUT2D eigenvalue weighted by molar-refractivity contribution is 0.0987. The Morgan fingerprint density at radius 3 is 2.47 bits per heavy atom. The van der Waals surface area contributed by atoms with Crippen LogP contribution in [0.3, 0.4) is 0 Å². The third-order valence-corrected chi connectivity index (χ3v) is 5.72. The number of fused-ring (bicyclic) bond motifs is 1. The number of β-amino-alcohol motifs (C(OH)–C–C–N with tert-alkyl or cyclic N) is 1. The van der Waals surface area contributed by atoms with Crippen LogP contribution in [0.4, 0.5) is 5.69 Å². The second-order valence-corrected chi connectivity index (χ2v) is 10.5. The molecule has 0 bridgehead atoms. The monoisotopic (exact) mass is 503 g/mol. The average Bonchev–Trinajstić information content (AvgIpc) is 2.75. The highest BCUT2D eigenvalue weighted by Crippen LogP contribution is 2.23. The van der Waals surface area contributed by atoms with Crippen molar-refractivity contribution >= 4 is 38.9 Å². The molecule has 0 saturated carbocycles. The maximum absolute atomic E-state index is 11.4. The summed E-state index contributed by atoms with van der Waals surface area (Å²) in [7, 11) is -3.44. The summed E-state index contributed by atoms with van der Waals surface area (Å²) in [6, 6.07) is 21.1. The third kappa shape index (κ3) is 8.19. The van der Waals surface area contributed by atoms with Gasteiger partial charge in [-0.3, -0.25) is 4.72 Å². The topological polar surface area (TPSA) is 111 Å². The van der Waals surface area contributed by atoms with Crippen LogP contribution >= 0.6 is 12.4 Å². The molecule has 7 nitrogen and oxygen atoms in total. The maximum Gasteiger partial charge on any atom is 0.229 e. The number of halogens is 1. The first-order valence-electron chi connectivity index (χ1n) is 10.6. The Labute approximate surface area is 207 Å². The largest absolute Gasteiger partial charge is 0.489 e. The Balaban J connectivity index is 0.00000408. The highest BCUT2D eigenvalue weighted by atomic mass is 35.5. The third-order valence-electron chi connectivity index (χ3n) is 5.11. The number of benzene rings is 3. The molecule has 0 aliphatic rings. The van der Waals surface area contributed by atoms with Crippen LogP contribution in [-0.4, -0.2) is 44.6 Å². The van der Waals surface area contributed by atoms with Gasteiger partial charge < -0.3 is 15.2 Å². The first kappa shape index (κ1) is 27.4. The molecule has 0 unspecified atom stereocenters. The molecule has 0 radical (unpaired) electrons. The molecular formula is C25H30ClN3O4S. The van der Waals surface area contributed by atoms with E-state index in [-0.39, 0.29) is 41.6 Å². The summed E-state index contributed by atoms with van der Waals surface area (Å²) < 4.78 is 30.7. The van der Waals surface area contributed by atoms with Gasteiger partial charge in [-0.15, -0.1) is 12.4 Å². The zero-order chi connectivity index (χ0) is 24.1. The van der Waals surface area contributed by atoms with Crippen LogP contribution in [0.2, 0.25) is 0 Å². The summed E-state index contributed by atoms with van der Waals surface area (Å²) in [6.45, 7) is 4.47. The lowest BCUT2D eigenvalue weighted by atomic mass is 9.93. The minimum atomic E-state index is -3.44. The number of anilines is 1. The quantitative estimate of drug-likeness (QED) is 0.387. The fourth-order valence-corrected chi connectivity index (χ4v) is 4.14. The summed E-state index contributed by atoms with van der Waals surface area (Å²) >= 11 is 0. The van der Waals surface area contributed by atoms with E-state index in [9.17, 15) is 18.8 Å². The lowest BCUT2D eigenvalue weighted by Crippen LogP contribution is -2.46. The minimum absolute atomic E-state index is 0. The van der Waals surface area contributed by atoms with Crippen LogP contribution in [0.5, 0.6) is 5.75 Å². The van der Waals surface area contributed by atoms with Gasteiger partial charge >= 0.3 is 0 Å². The average molecular weight is 504 g/mol. The number of ether oxygens (including phenoxy) is 1. The van der Waals surface area contributed by atoms with Crippen LogP contribution in [0.1, 0.15) is 25.0 Å². The molecule has 3 aromatic carbocycles. The van der Waals surface area contributed by atoms with E-state index in [1.165, 1.54) is 34.5 Å². The van der Waals surface area contributed by atoms with Gasteiger partial charge in [0.15, 0.2) is 0 Å². The maximum atomic E-state index is 11.4. The number of nitriles is 1. The van der Waals surface area contributed by atoms with E-state index in [1.807, 2.05) is 18.2 Å². The number of aliphatic hydroxyl groups excluding tert-OH is 1. The van der Waals surface area contributed by atoms with E-state index in [0.717, 1.165) is 12.7 Å². The number of sulfonamides is 1. The standard InChI is InChI=1S/C25H29N3O4S.ClH/c1-25(2,14-18-8-9-19-6-4-5-7-20(19)12-18)27-16-23(29)17-32-24-11-10-22(13-21(24)15-26)28-33(3,30)31;/h4-13,23,27-29H,14,16-17H2,1-3H3;1H/t23-;/m1./s1. The molecule has 0 spiro atoms. The van der Waals surface area contributed by atoms with Crippen molar-refractivity contribution in [3.63, 3.8) is 0 Å². The Kier molecular flexibility index (Phi) is 9.30. The Hall–Kier alpha value is -2.83. The number of nitrogens with zero attached hydrogens (tertiary/aromatic N) is 1. The molecule has 1 atom stereocenters. The smallest absolute Gasteiger partial charge is 0.229 e.